The van der Waals surface area contributed by atoms with Crippen LogP contribution in [0.3, 0.4) is 0 Å². The van der Waals surface area contributed by atoms with Crippen molar-refractivity contribution in [3.63, 3.8) is 0 Å². The van der Waals surface area contributed by atoms with Gasteiger partial charge in [0.25, 0.3) is 10.0 Å². The summed E-state index contributed by atoms with van der Waals surface area (Å²) < 4.78 is 26.5. The number of sulfonamides is 1. The summed E-state index contributed by atoms with van der Waals surface area (Å²) in [7, 11) is -3.78. The van der Waals surface area contributed by atoms with Crippen molar-refractivity contribution >= 4 is 50.5 Å². The molecule has 0 radical (unpaired) electrons. The summed E-state index contributed by atoms with van der Waals surface area (Å²) in [4.78, 5) is 0.0437. The van der Waals surface area contributed by atoms with Crippen molar-refractivity contribution in [3.05, 3.63) is 51.5 Å². The highest BCUT2D eigenvalue weighted by molar-refractivity contribution is 7.92. The van der Waals surface area contributed by atoms with E-state index in [1.807, 2.05) is 0 Å². The Morgan fingerprint density at radius 2 is 1.45 bits per heavy atom. The normalized spacial score (nSPS) is 11.3. The Kier molecular flexibility index (Phi) is 4.34. The molecule has 0 aliphatic rings. The fraction of sp³-hybridized carbons (Fsp3) is 0. The van der Waals surface area contributed by atoms with E-state index in [1.54, 1.807) is 0 Å². The van der Waals surface area contributed by atoms with Gasteiger partial charge in [0.15, 0.2) is 5.75 Å². The number of phenols is 1. The lowest BCUT2D eigenvalue weighted by Crippen LogP contribution is -2.12. The minimum atomic E-state index is -3.78. The average Bonchev–Trinajstić information content (AvgIpc) is 2.36. The Labute approximate surface area is 131 Å². The van der Waals surface area contributed by atoms with Gasteiger partial charge in [-0.15, -0.1) is 0 Å². The summed E-state index contributed by atoms with van der Waals surface area (Å²) in [5.41, 5.74) is 0.146. The fourth-order valence-electron chi connectivity index (χ4n) is 1.45. The number of aromatic hydroxyl groups is 1. The van der Waals surface area contributed by atoms with Gasteiger partial charge >= 0.3 is 0 Å². The van der Waals surface area contributed by atoms with E-state index < -0.39 is 10.0 Å². The van der Waals surface area contributed by atoms with E-state index in [2.05, 4.69) is 4.72 Å². The van der Waals surface area contributed by atoms with Gasteiger partial charge in [-0.05, 0) is 36.4 Å². The van der Waals surface area contributed by atoms with Gasteiger partial charge in [0.2, 0.25) is 0 Å². The third kappa shape index (κ3) is 3.30. The Bertz CT molecular complexity index is 722. The SMILES string of the molecule is O=S(=O)(Nc1cc(Cl)c(O)c(Cl)c1)c1ccc(Cl)cc1. The van der Waals surface area contributed by atoms with E-state index in [-0.39, 0.29) is 26.4 Å². The molecular formula is C12H8Cl3NO3S. The highest BCUT2D eigenvalue weighted by Crippen LogP contribution is 2.35. The molecular weight excluding hydrogens is 345 g/mol. The number of halogens is 3. The van der Waals surface area contributed by atoms with Gasteiger partial charge in [0, 0.05) is 5.02 Å². The lowest BCUT2D eigenvalue weighted by Gasteiger charge is -2.10. The van der Waals surface area contributed by atoms with Crippen molar-refractivity contribution in [2.45, 2.75) is 4.90 Å². The van der Waals surface area contributed by atoms with Crippen LogP contribution in [0.1, 0.15) is 0 Å². The standard InChI is InChI=1S/C12H8Cl3NO3S/c13-7-1-3-9(4-2-7)20(18,19)16-8-5-10(14)12(17)11(15)6-8/h1-6,16-17H. The molecule has 0 fully saturated rings. The van der Waals surface area contributed by atoms with Crippen molar-refractivity contribution in [2.75, 3.05) is 4.72 Å². The largest absolute Gasteiger partial charge is 0.505 e. The highest BCUT2D eigenvalue weighted by Gasteiger charge is 2.16. The third-order valence-corrected chi connectivity index (χ3v) is 4.62. The summed E-state index contributed by atoms with van der Waals surface area (Å²) in [6.45, 7) is 0. The van der Waals surface area contributed by atoms with Crippen LogP contribution in [0.2, 0.25) is 15.1 Å². The predicted octanol–water partition coefficient (Wildman–Crippen LogP) is 4.15. The fourth-order valence-corrected chi connectivity index (χ4v) is 3.11. The first-order valence-corrected chi connectivity index (χ1v) is 7.88. The second-order valence-corrected chi connectivity index (χ2v) is 6.78. The van der Waals surface area contributed by atoms with Crippen LogP contribution in [0.25, 0.3) is 0 Å². The van der Waals surface area contributed by atoms with Gasteiger partial charge in [-0.1, -0.05) is 34.8 Å². The van der Waals surface area contributed by atoms with E-state index in [0.29, 0.717) is 5.02 Å². The molecule has 0 aromatic heterocycles. The molecule has 0 heterocycles. The van der Waals surface area contributed by atoms with E-state index in [4.69, 9.17) is 34.8 Å². The summed E-state index contributed by atoms with van der Waals surface area (Å²) >= 11 is 17.2. The first-order valence-electron chi connectivity index (χ1n) is 5.26. The molecule has 2 rings (SSSR count). The molecule has 2 N–H and O–H groups in total. The van der Waals surface area contributed by atoms with Crippen LogP contribution >= 0.6 is 34.8 Å². The summed E-state index contributed by atoms with van der Waals surface area (Å²) in [5, 5.41) is 9.75. The predicted molar refractivity (Wildman–Crippen MR) is 80.4 cm³/mol. The van der Waals surface area contributed by atoms with Crippen LogP contribution in [0.5, 0.6) is 5.75 Å². The molecule has 0 amide bonds. The molecule has 20 heavy (non-hydrogen) atoms. The molecule has 106 valence electrons. The van der Waals surface area contributed by atoms with E-state index in [0.717, 1.165) is 0 Å². The highest BCUT2D eigenvalue weighted by atomic mass is 35.5. The zero-order valence-electron chi connectivity index (χ0n) is 9.77. The Morgan fingerprint density at radius 1 is 0.950 bits per heavy atom. The molecule has 2 aromatic carbocycles. The molecule has 0 unspecified atom stereocenters. The van der Waals surface area contributed by atoms with Crippen molar-refractivity contribution in [1.29, 1.82) is 0 Å². The molecule has 0 saturated heterocycles. The number of hydrogen-bond acceptors (Lipinski definition) is 3. The van der Waals surface area contributed by atoms with Gasteiger partial charge in [-0.3, -0.25) is 4.72 Å². The van der Waals surface area contributed by atoms with Gasteiger partial charge in [0.1, 0.15) is 0 Å². The molecule has 0 bridgehead atoms. The molecule has 0 aliphatic carbocycles. The summed E-state index contributed by atoms with van der Waals surface area (Å²) in [6.07, 6.45) is 0. The number of nitrogens with one attached hydrogen (secondary N) is 1. The maximum Gasteiger partial charge on any atom is 0.261 e. The first-order chi connectivity index (χ1) is 9.29. The molecule has 0 spiro atoms. The van der Waals surface area contributed by atoms with Crippen LogP contribution in [-0.2, 0) is 10.0 Å². The zero-order chi connectivity index (χ0) is 14.9. The minimum Gasteiger partial charge on any atom is -0.505 e. The molecule has 0 saturated carbocycles. The van der Waals surface area contributed by atoms with E-state index in [1.165, 1.54) is 36.4 Å². The van der Waals surface area contributed by atoms with Crippen molar-refractivity contribution in [3.8, 4) is 5.75 Å². The topological polar surface area (TPSA) is 66.4 Å². The van der Waals surface area contributed by atoms with Crippen molar-refractivity contribution in [1.82, 2.24) is 0 Å². The lowest BCUT2D eigenvalue weighted by atomic mass is 10.3. The maximum atomic E-state index is 12.1. The first kappa shape index (κ1) is 15.3. The van der Waals surface area contributed by atoms with Gasteiger partial charge < -0.3 is 5.11 Å². The third-order valence-electron chi connectivity index (χ3n) is 2.39. The Hall–Kier alpha value is -1.14. The van der Waals surface area contributed by atoms with Crippen molar-refractivity contribution < 1.29 is 13.5 Å². The number of benzene rings is 2. The number of rotatable bonds is 3. The Balaban J connectivity index is 2.36. The van der Waals surface area contributed by atoms with Crippen LogP contribution in [-0.4, -0.2) is 13.5 Å². The average molecular weight is 353 g/mol. The van der Waals surface area contributed by atoms with Crippen LogP contribution < -0.4 is 4.72 Å². The van der Waals surface area contributed by atoms with Gasteiger partial charge in [0.05, 0.1) is 20.6 Å². The molecule has 8 heteroatoms. The van der Waals surface area contributed by atoms with Gasteiger partial charge in [-0.25, -0.2) is 8.42 Å². The van der Waals surface area contributed by atoms with Crippen LogP contribution in [0, 0.1) is 0 Å². The van der Waals surface area contributed by atoms with Crippen LogP contribution in [0.15, 0.2) is 41.3 Å². The number of phenolic OH excluding ortho intramolecular Hbond substituents is 1. The number of hydrogen-bond donors (Lipinski definition) is 2. The Morgan fingerprint density at radius 3 is 1.95 bits per heavy atom. The molecule has 4 nitrogen and oxygen atoms in total. The van der Waals surface area contributed by atoms with Crippen LogP contribution in [0.4, 0.5) is 5.69 Å². The second kappa shape index (κ2) is 5.69. The molecule has 0 atom stereocenters. The number of anilines is 1. The lowest BCUT2D eigenvalue weighted by molar-refractivity contribution is 0.476. The minimum absolute atomic E-state index is 0.0437. The monoisotopic (exact) mass is 351 g/mol. The molecule has 2 aromatic rings. The van der Waals surface area contributed by atoms with E-state index in [9.17, 15) is 13.5 Å². The zero-order valence-corrected chi connectivity index (χ0v) is 12.9. The van der Waals surface area contributed by atoms with Gasteiger partial charge in [-0.2, -0.15) is 0 Å². The molecule has 0 aliphatic heterocycles. The smallest absolute Gasteiger partial charge is 0.261 e. The summed E-state index contributed by atoms with van der Waals surface area (Å²) in [5.74, 6) is -0.303. The quantitative estimate of drug-likeness (QED) is 0.815. The maximum absolute atomic E-state index is 12.1. The second-order valence-electron chi connectivity index (χ2n) is 3.85. The van der Waals surface area contributed by atoms with Crippen molar-refractivity contribution in [2.24, 2.45) is 0 Å². The van der Waals surface area contributed by atoms with E-state index >= 15 is 0 Å². The summed E-state index contributed by atoms with van der Waals surface area (Å²) in [6, 6.07) is 8.19.